The Morgan fingerprint density at radius 2 is 1.84 bits per heavy atom. The zero-order valence-electron chi connectivity index (χ0n) is 19.0. The Morgan fingerprint density at radius 3 is 2.42 bits per heavy atom. The molecule has 1 heterocycles. The molecule has 9 heteroatoms. The fraction of sp³-hybridized carbons (Fsp3) is 0.636. The van der Waals surface area contributed by atoms with Crippen molar-refractivity contribution in [3.63, 3.8) is 0 Å². The second-order valence-electron chi connectivity index (χ2n) is 9.61. The van der Waals surface area contributed by atoms with E-state index in [0.29, 0.717) is 12.1 Å². The number of hydrogen-bond donors (Lipinski definition) is 0. The van der Waals surface area contributed by atoms with Crippen molar-refractivity contribution in [3.8, 4) is 0 Å². The molecule has 1 fully saturated rings. The fourth-order valence-electron chi connectivity index (χ4n) is 3.21. The van der Waals surface area contributed by atoms with Crippen LogP contribution in [0.2, 0.25) is 0 Å². The number of benzene rings is 1. The molecule has 1 amide bonds. The van der Waals surface area contributed by atoms with Crippen molar-refractivity contribution >= 4 is 17.7 Å². The van der Waals surface area contributed by atoms with Crippen LogP contribution >= 0.6 is 0 Å². The monoisotopic (exact) mass is 436 g/mol. The van der Waals surface area contributed by atoms with Gasteiger partial charge in [-0.05, 0) is 53.5 Å². The van der Waals surface area contributed by atoms with Crippen molar-refractivity contribution in [2.75, 3.05) is 19.7 Å². The minimum Gasteiger partial charge on any atom is -0.460 e. The predicted octanol–water partition coefficient (Wildman–Crippen LogP) is 3.73. The molecule has 9 nitrogen and oxygen atoms in total. The normalized spacial score (nSPS) is 18.3. The van der Waals surface area contributed by atoms with E-state index >= 15 is 0 Å². The van der Waals surface area contributed by atoms with Crippen molar-refractivity contribution in [1.29, 1.82) is 0 Å². The summed E-state index contributed by atoms with van der Waals surface area (Å²) < 4.78 is 16.9. The highest BCUT2D eigenvalue weighted by molar-refractivity contribution is 5.74. The van der Waals surface area contributed by atoms with Gasteiger partial charge < -0.3 is 19.1 Å². The average molecular weight is 437 g/mol. The lowest BCUT2D eigenvalue weighted by molar-refractivity contribution is -0.384. The van der Waals surface area contributed by atoms with Crippen LogP contribution in [0.4, 0.5) is 10.5 Å². The van der Waals surface area contributed by atoms with E-state index in [-0.39, 0.29) is 25.3 Å². The third-order valence-corrected chi connectivity index (χ3v) is 4.48. The van der Waals surface area contributed by atoms with E-state index in [0.717, 1.165) is 0 Å². The Hall–Kier alpha value is -2.68. The molecule has 2 atom stereocenters. The average Bonchev–Trinajstić information content (AvgIpc) is 2.63. The van der Waals surface area contributed by atoms with Crippen molar-refractivity contribution in [1.82, 2.24) is 4.90 Å². The summed E-state index contributed by atoms with van der Waals surface area (Å²) in [7, 11) is 0. The van der Waals surface area contributed by atoms with E-state index in [1.165, 1.54) is 17.0 Å². The van der Waals surface area contributed by atoms with Crippen LogP contribution in [-0.4, -0.2) is 58.9 Å². The number of carbonyl (C=O) groups is 2. The lowest BCUT2D eigenvalue weighted by atomic mass is 9.92. The summed E-state index contributed by atoms with van der Waals surface area (Å²) >= 11 is 0. The van der Waals surface area contributed by atoms with Crippen LogP contribution in [0.3, 0.4) is 0 Å². The summed E-state index contributed by atoms with van der Waals surface area (Å²) in [5.41, 5.74) is -0.792. The van der Waals surface area contributed by atoms with Gasteiger partial charge in [0.1, 0.15) is 11.2 Å². The number of hydrogen-bond acceptors (Lipinski definition) is 7. The summed E-state index contributed by atoms with van der Waals surface area (Å²) in [5, 5.41) is 11.1. The zero-order chi connectivity index (χ0) is 23.4. The molecule has 0 aromatic heterocycles. The van der Waals surface area contributed by atoms with Gasteiger partial charge in [0.2, 0.25) is 0 Å². The van der Waals surface area contributed by atoms with Gasteiger partial charge in [-0.1, -0.05) is 12.1 Å². The SMILES string of the molecule is CC(C)(C)OC(=O)C(Cc1cccc([N+](=O)[O-])c1)C1CN(C(=O)OC(C)(C)C)CCO1. The van der Waals surface area contributed by atoms with Gasteiger partial charge in [0.15, 0.2) is 0 Å². The lowest BCUT2D eigenvalue weighted by Crippen LogP contribution is -2.52. The minimum atomic E-state index is -0.744. The Morgan fingerprint density at radius 1 is 1.19 bits per heavy atom. The quantitative estimate of drug-likeness (QED) is 0.393. The lowest BCUT2D eigenvalue weighted by Gasteiger charge is -2.37. The second-order valence-corrected chi connectivity index (χ2v) is 9.61. The molecule has 0 spiro atoms. The van der Waals surface area contributed by atoms with Crippen LogP contribution in [0.15, 0.2) is 24.3 Å². The third-order valence-electron chi connectivity index (χ3n) is 4.48. The first-order valence-corrected chi connectivity index (χ1v) is 10.3. The molecule has 1 aromatic carbocycles. The molecule has 2 rings (SSSR count). The highest BCUT2D eigenvalue weighted by atomic mass is 16.6. The Labute approximate surface area is 182 Å². The predicted molar refractivity (Wildman–Crippen MR) is 114 cm³/mol. The van der Waals surface area contributed by atoms with Gasteiger partial charge >= 0.3 is 12.1 Å². The molecule has 172 valence electrons. The van der Waals surface area contributed by atoms with Crippen molar-refractivity contribution in [3.05, 3.63) is 39.9 Å². The highest BCUT2D eigenvalue weighted by Gasteiger charge is 2.38. The van der Waals surface area contributed by atoms with Gasteiger partial charge in [-0.2, -0.15) is 0 Å². The number of carbonyl (C=O) groups excluding carboxylic acids is 2. The Kier molecular flexibility index (Phi) is 7.64. The maximum Gasteiger partial charge on any atom is 0.410 e. The molecule has 1 aliphatic heterocycles. The standard InChI is InChI=1S/C22H32N2O7/c1-21(2,3)30-19(25)17(13-15-8-7-9-16(12-15)24(27)28)18-14-23(10-11-29-18)20(26)31-22(4,5)6/h7-9,12,17-18H,10-11,13-14H2,1-6H3. The number of morpholine rings is 1. The molecular formula is C22H32N2O7. The molecule has 2 unspecified atom stereocenters. The van der Waals surface area contributed by atoms with Gasteiger partial charge in [-0.25, -0.2) is 4.79 Å². The number of rotatable bonds is 5. The first-order chi connectivity index (χ1) is 14.2. The largest absolute Gasteiger partial charge is 0.460 e. The van der Waals surface area contributed by atoms with Gasteiger partial charge in [0.25, 0.3) is 5.69 Å². The van der Waals surface area contributed by atoms with Gasteiger partial charge in [0, 0.05) is 18.7 Å². The maximum atomic E-state index is 13.0. The van der Waals surface area contributed by atoms with E-state index in [1.807, 2.05) is 0 Å². The van der Waals surface area contributed by atoms with E-state index in [1.54, 1.807) is 53.7 Å². The number of ether oxygens (including phenoxy) is 3. The van der Waals surface area contributed by atoms with Gasteiger partial charge in [-0.15, -0.1) is 0 Å². The van der Waals surface area contributed by atoms with Crippen LogP contribution in [0.25, 0.3) is 0 Å². The number of nitrogens with zero attached hydrogens (tertiary/aromatic N) is 2. The topological polar surface area (TPSA) is 108 Å². The number of non-ortho nitro benzene ring substituents is 1. The van der Waals surface area contributed by atoms with Gasteiger partial charge in [0.05, 0.1) is 30.1 Å². The smallest absolute Gasteiger partial charge is 0.410 e. The number of nitro groups is 1. The van der Waals surface area contributed by atoms with Crippen molar-refractivity contribution in [2.24, 2.45) is 5.92 Å². The van der Waals surface area contributed by atoms with Crippen molar-refractivity contribution in [2.45, 2.75) is 65.3 Å². The zero-order valence-corrected chi connectivity index (χ0v) is 19.0. The molecule has 0 N–H and O–H groups in total. The summed E-state index contributed by atoms with van der Waals surface area (Å²) in [5.74, 6) is -1.22. The summed E-state index contributed by atoms with van der Waals surface area (Å²) in [6.45, 7) is 11.4. The van der Waals surface area contributed by atoms with Crippen LogP contribution in [0, 0.1) is 16.0 Å². The molecule has 1 aliphatic rings. The first-order valence-electron chi connectivity index (χ1n) is 10.3. The van der Waals surface area contributed by atoms with E-state index in [2.05, 4.69) is 0 Å². The van der Waals surface area contributed by atoms with Crippen LogP contribution in [0.1, 0.15) is 47.1 Å². The summed E-state index contributed by atoms with van der Waals surface area (Å²) in [6.07, 6.45) is -0.918. The van der Waals surface area contributed by atoms with E-state index in [4.69, 9.17) is 14.2 Å². The Bertz CT molecular complexity index is 811. The van der Waals surface area contributed by atoms with Crippen molar-refractivity contribution < 1.29 is 28.7 Å². The van der Waals surface area contributed by atoms with Crippen LogP contribution < -0.4 is 0 Å². The fourth-order valence-corrected chi connectivity index (χ4v) is 3.21. The molecule has 0 bridgehead atoms. The molecule has 31 heavy (non-hydrogen) atoms. The molecule has 0 saturated carbocycles. The maximum absolute atomic E-state index is 13.0. The molecular weight excluding hydrogens is 404 g/mol. The number of amides is 1. The molecule has 0 radical (unpaired) electrons. The van der Waals surface area contributed by atoms with Gasteiger partial charge in [-0.3, -0.25) is 14.9 Å². The molecule has 0 aliphatic carbocycles. The number of nitro benzene ring substituents is 1. The first kappa shape index (κ1) is 24.6. The summed E-state index contributed by atoms with van der Waals surface area (Å²) in [4.78, 5) is 37.7. The second kappa shape index (κ2) is 9.64. The molecule has 1 saturated heterocycles. The minimum absolute atomic E-state index is 0.0552. The number of esters is 1. The molecule has 1 aromatic rings. The van der Waals surface area contributed by atoms with E-state index < -0.39 is 40.2 Å². The van der Waals surface area contributed by atoms with Crippen LogP contribution in [0.5, 0.6) is 0 Å². The Balaban J connectivity index is 2.25. The third kappa shape index (κ3) is 7.82. The van der Waals surface area contributed by atoms with E-state index in [9.17, 15) is 19.7 Å². The summed E-state index contributed by atoms with van der Waals surface area (Å²) in [6, 6.07) is 6.13. The van der Waals surface area contributed by atoms with Crippen LogP contribution in [-0.2, 0) is 25.4 Å². The highest BCUT2D eigenvalue weighted by Crippen LogP contribution is 2.25.